The molecule has 0 aromatic carbocycles. The van der Waals surface area contributed by atoms with Crippen molar-refractivity contribution in [1.29, 1.82) is 0 Å². The fourth-order valence-electron chi connectivity index (χ4n) is 2.14. The molecule has 3 N–H and O–H groups in total. The molecule has 0 aromatic rings. The number of rotatable bonds is 8. The Morgan fingerprint density at radius 3 is 1.22 bits per heavy atom. The van der Waals surface area contributed by atoms with Crippen LogP contribution in [-0.4, -0.2) is 35.1 Å². The fourth-order valence-corrected chi connectivity index (χ4v) is 2.14. The van der Waals surface area contributed by atoms with Crippen LogP contribution in [-0.2, 0) is 0 Å². The van der Waals surface area contributed by atoms with Crippen LogP contribution in [0.15, 0.2) is 0 Å². The Hall–Kier alpha value is -1.44. The summed E-state index contributed by atoms with van der Waals surface area (Å²) in [6.45, 7) is -1.04. The predicted molar refractivity (Wildman–Crippen MR) is 71.1 cm³/mol. The fraction of sp³-hybridized carbons (Fsp3) is 0.600. The molecule has 0 aliphatic rings. The molecule has 3 heteroatoms. The summed E-state index contributed by atoms with van der Waals surface area (Å²) in [6.07, 6.45) is 17.4. The lowest BCUT2D eigenvalue weighted by Gasteiger charge is -2.38. The normalized spacial score (nSPS) is 11.3. The smallest absolute Gasteiger partial charge is 0.0531 e. The summed E-state index contributed by atoms with van der Waals surface area (Å²) >= 11 is 0. The van der Waals surface area contributed by atoms with Crippen LogP contribution >= 0.6 is 0 Å². The van der Waals surface area contributed by atoms with Gasteiger partial charge in [0.25, 0.3) is 0 Å². The topological polar surface area (TPSA) is 60.7 Å². The van der Waals surface area contributed by atoms with Crippen molar-refractivity contribution in [1.82, 2.24) is 0 Å². The Labute approximate surface area is 109 Å². The van der Waals surface area contributed by atoms with Gasteiger partial charge in [-0.1, -0.05) is 0 Å². The molecule has 0 aliphatic carbocycles. The van der Waals surface area contributed by atoms with Gasteiger partial charge in [-0.2, -0.15) is 0 Å². The minimum atomic E-state index is -1.01. The minimum absolute atomic E-state index is 0.294. The molecule has 0 unspecified atom stereocenters. The molecule has 0 amide bonds. The highest BCUT2D eigenvalue weighted by molar-refractivity contribution is 5.08. The summed E-state index contributed by atoms with van der Waals surface area (Å²) in [7, 11) is 0. The molecule has 18 heavy (non-hydrogen) atoms. The average Bonchev–Trinajstić information content (AvgIpc) is 2.37. The molecule has 0 heterocycles. The molecule has 0 rings (SSSR count). The monoisotopic (exact) mass is 248 g/mol. The summed E-state index contributed by atoms with van der Waals surface area (Å²) < 4.78 is 0. The Bertz CT molecular complexity index is 312. The first-order valence-electron chi connectivity index (χ1n) is 5.70. The number of hydrogen-bond donors (Lipinski definition) is 3. The van der Waals surface area contributed by atoms with E-state index < -0.39 is 10.8 Å². The molecule has 0 fully saturated rings. The summed E-state index contributed by atoms with van der Waals surface area (Å²) in [5.41, 5.74) is -1.56. The third-order valence-electron chi connectivity index (χ3n) is 3.19. The van der Waals surface area contributed by atoms with Gasteiger partial charge in [-0.25, -0.2) is 0 Å². The first kappa shape index (κ1) is 16.6. The molecule has 0 atom stereocenters. The zero-order valence-corrected chi connectivity index (χ0v) is 10.5. The van der Waals surface area contributed by atoms with Crippen LogP contribution in [0.5, 0.6) is 0 Å². The zero-order valence-electron chi connectivity index (χ0n) is 10.5. The number of hydrogen-bond acceptors (Lipinski definition) is 3. The van der Waals surface area contributed by atoms with E-state index in [1.165, 1.54) is 0 Å². The highest BCUT2D eigenvalue weighted by Gasteiger charge is 2.39. The molecule has 0 bridgehead atoms. The molecule has 98 valence electrons. The third kappa shape index (κ3) is 4.10. The summed E-state index contributed by atoms with van der Waals surface area (Å²) in [5.74, 6) is 7.61. The van der Waals surface area contributed by atoms with Gasteiger partial charge in [0.2, 0.25) is 0 Å². The van der Waals surface area contributed by atoms with E-state index in [0.29, 0.717) is 25.7 Å². The van der Waals surface area contributed by atoms with Gasteiger partial charge in [0.1, 0.15) is 0 Å². The van der Waals surface area contributed by atoms with E-state index in [0.717, 1.165) is 0 Å². The lowest BCUT2D eigenvalue weighted by atomic mass is 9.67. The predicted octanol–water partition coefficient (Wildman–Crippen LogP) is 0.396. The van der Waals surface area contributed by atoms with Gasteiger partial charge in [0, 0.05) is 30.1 Å². The van der Waals surface area contributed by atoms with Gasteiger partial charge in [-0.3, -0.25) is 0 Å². The standard InChI is InChI=1S/C15H20O3/c1-4-7-14(8-5-2,9-6-3)10-15(11-16,12-17)13-18/h1-3,16-18H,7-13H2. The highest BCUT2D eigenvalue weighted by atomic mass is 16.3. The Morgan fingerprint density at radius 2 is 1.00 bits per heavy atom. The van der Waals surface area contributed by atoms with Gasteiger partial charge in [-0.15, -0.1) is 37.0 Å². The minimum Gasteiger partial charge on any atom is -0.396 e. The van der Waals surface area contributed by atoms with Crippen LogP contribution < -0.4 is 0 Å². The summed E-state index contributed by atoms with van der Waals surface area (Å²) in [6, 6.07) is 0. The molecule has 0 radical (unpaired) electrons. The van der Waals surface area contributed by atoms with Gasteiger partial charge in [-0.05, 0) is 6.42 Å². The van der Waals surface area contributed by atoms with Crippen LogP contribution in [0.1, 0.15) is 25.7 Å². The second kappa shape index (κ2) is 7.80. The van der Waals surface area contributed by atoms with Crippen molar-refractivity contribution < 1.29 is 15.3 Å². The second-order valence-corrected chi connectivity index (χ2v) is 4.79. The molecular formula is C15H20O3. The van der Waals surface area contributed by atoms with Crippen LogP contribution in [0.25, 0.3) is 0 Å². The zero-order chi connectivity index (χ0) is 14.1. The van der Waals surface area contributed by atoms with E-state index in [2.05, 4.69) is 17.8 Å². The van der Waals surface area contributed by atoms with Crippen molar-refractivity contribution in [2.24, 2.45) is 10.8 Å². The Balaban J connectivity index is 5.26. The quantitative estimate of drug-likeness (QED) is 0.545. The van der Waals surface area contributed by atoms with E-state index in [1.54, 1.807) is 0 Å². The molecule has 0 saturated carbocycles. The van der Waals surface area contributed by atoms with Gasteiger partial charge < -0.3 is 15.3 Å². The number of aliphatic hydroxyl groups is 3. The van der Waals surface area contributed by atoms with Gasteiger partial charge in [0.05, 0.1) is 19.8 Å². The number of aliphatic hydroxyl groups excluding tert-OH is 3. The first-order chi connectivity index (χ1) is 8.57. The van der Waals surface area contributed by atoms with E-state index >= 15 is 0 Å². The van der Waals surface area contributed by atoms with E-state index in [4.69, 9.17) is 19.3 Å². The molecule has 3 nitrogen and oxygen atoms in total. The van der Waals surface area contributed by atoms with Crippen LogP contribution in [0.2, 0.25) is 0 Å². The average molecular weight is 248 g/mol. The molecule has 0 spiro atoms. The summed E-state index contributed by atoms with van der Waals surface area (Å²) in [5, 5.41) is 28.1. The maximum atomic E-state index is 9.37. The maximum Gasteiger partial charge on any atom is 0.0531 e. The lowest BCUT2D eigenvalue weighted by Crippen LogP contribution is -2.40. The Morgan fingerprint density at radius 1 is 0.667 bits per heavy atom. The van der Waals surface area contributed by atoms with E-state index in [1.807, 2.05) is 0 Å². The third-order valence-corrected chi connectivity index (χ3v) is 3.19. The maximum absolute atomic E-state index is 9.37. The van der Waals surface area contributed by atoms with Crippen molar-refractivity contribution >= 4 is 0 Å². The number of terminal acetylenes is 3. The molecule has 0 aromatic heterocycles. The highest BCUT2D eigenvalue weighted by Crippen LogP contribution is 2.41. The van der Waals surface area contributed by atoms with Crippen LogP contribution in [0.4, 0.5) is 0 Å². The van der Waals surface area contributed by atoms with Crippen molar-refractivity contribution in [3.8, 4) is 37.0 Å². The molecule has 0 saturated heterocycles. The SMILES string of the molecule is C#CCC(CC#C)(CC#C)CC(CO)(CO)CO. The van der Waals surface area contributed by atoms with Crippen LogP contribution in [0.3, 0.4) is 0 Å². The second-order valence-electron chi connectivity index (χ2n) is 4.79. The first-order valence-corrected chi connectivity index (χ1v) is 5.70. The van der Waals surface area contributed by atoms with Gasteiger partial charge >= 0.3 is 0 Å². The van der Waals surface area contributed by atoms with Crippen molar-refractivity contribution in [2.75, 3.05) is 19.8 Å². The van der Waals surface area contributed by atoms with Crippen LogP contribution in [0, 0.1) is 47.9 Å². The van der Waals surface area contributed by atoms with E-state index in [-0.39, 0.29) is 19.8 Å². The van der Waals surface area contributed by atoms with Crippen molar-refractivity contribution in [3.05, 3.63) is 0 Å². The Kier molecular flexibility index (Phi) is 7.18. The van der Waals surface area contributed by atoms with Crippen molar-refractivity contribution in [3.63, 3.8) is 0 Å². The molecule has 0 aliphatic heterocycles. The van der Waals surface area contributed by atoms with E-state index in [9.17, 15) is 15.3 Å². The largest absolute Gasteiger partial charge is 0.396 e. The van der Waals surface area contributed by atoms with Gasteiger partial charge in [0.15, 0.2) is 0 Å². The lowest BCUT2D eigenvalue weighted by molar-refractivity contribution is -0.0292. The molecular weight excluding hydrogens is 228 g/mol. The van der Waals surface area contributed by atoms with Crippen molar-refractivity contribution in [2.45, 2.75) is 25.7 Å². The summed E-state index contributed by atoms with van der Waals surface area (Å²) in [4.78, 5) is 0.